The van der Waals surface area contributed by atoms with Crippen molar-refractivity contribution in [3.8, 4) is 5.75 Å². The molecule has 132 valence electrons. The van der Waals surface area contributed by atoms with Crippen molar-refractivity contribution in [1.82, 2.24) is 4.90 Å². The fraction of sp³-hybridized carbons (Fsp3) is 0.632. The zero-order valence-corrected chi connectivity index (χ0v) is 14.5. The summed E-state index contributed by atoms with van der Waals surface area (Å²) in [5.41, 5.74) is 0.841. The number of hydrogen-bond donors (Lipinski definition) is 1. The minimum Gasteiger partial charge on any atom is -0.497 e. The molecule has 0 unspecified atom stereocenters. The van der Waals surface area contributed by atoms with Gasteiger partial charge in [-0.05, 0) is 49.8 Å². The van der Waals surface area contributed by atoms with E-state index in [1.165, 1.54) is 0 Å². The number of amides is 1. The number of benzene rings is 1. The topological polar surface area (TPSA) is 59.0 Å². The Bertz CT molecular complexity index is 590. The molecule has 1 amide bonds. The molecule has 5 nitrogen and oxygen atoms in total. The van der Waals surface area contributed by atoms with Gasteiger partial charge in [0.25, 0.3) is 0 Å². The van der Waals surface area contributed by atoms with Crippen molar-refractivity contribution in [2.24, 2.45) is 0 Å². The molecule has 0 bridgehead atoms. The second-order valence-corrected chi connectivity index (χ2v) is 6.90. The minimum atomic E-state index is -0.329. The van der Waals surface area contributed by atoms with Crippen LogP contribution in [0.2, 0.25) is 0 Å². The zero-order chi connectivity index (χ0) is 17.2. The van der Waals surface area contributed by atoms with Crippen LogP contribution in [0.3, 0.4) is 0 Å². The Hall–Kier alpha value is -1.59. The first-order valence-electron chi connectivity index (χ1n) is 8.73. The summed E-state index contributed by atoms with van der Waals surface area (Å²) in [6.45, 7) is 0.724. The largest absolute Gasteiger partial charge is 0.497 e. The standard InChI is InChI=1S/C19H27NO4/c1-23-16-5-3-4-14(12-16)6-7-18(22)20-11-10-19(24-2)9-8-15(21)13-17(19)20/h3-5,12,15,17,21H,6-11,13H2,1-2H3/t15-,17+,19-/m1/s1. The number of likely N-dealkylation sites (tertiary alicyclic amines) is 1. The maximum atomic E-state index is 12.8. The van der Waals surface area contributed by atoms with Crippen LogP contribution in [0.1, 0.15) is 37.7 Å². The summed E-state index contributed by atoms with van der Waals surface area (Å²) in [4.78, 5) is 14.7. The SMILES string of the molecule is COc1cccc(CCC(=O)N2CC[C@]3(OC)CC[C@@H](O)C[C@H]23)c1. The van der Waals surface area contributed by atoms with Gasteiger partial charge >= 0.3 is 0 Å². The fourth-order valence-corrected chi connectivity index (χ4v) is 4.20. The Morgan fingerprint density at radius 1 is 1.38 bits per heavy atom. The number of nitrogens with zero attached hydrogens (tertiary/aromatic N) is 1. The summed E-state index contributed by atoms with van der Waals surface area (Å²) >= 11 is 0. The molecule has 1 heterocycles. The smallest absolute Gasteiger partial charge is 0.223 e. The summed E-state index contributed by atoms with van der Waals surface area (Å²) in [6.07, 6.45) is 3.92. The van der Waals surface area contributed by atoms with Gasteiger partial charge in [0, 0.05) is 20.1 Å². The normalized spacial score (nSPS) is 29.4. The van der Waals surface area contributed by atoms with Crippen LogP contribution in [0.5, 0.6) is 5.75 Å². The monoisotopic (exact) mass is 333 g/mol. The third-order valence-electron chi connectivity index (χ3n) is 5.64. The number of aliphatic hydroxyl groups is 1. The van der Waals surface area contributed by atoms with Crippen LogP contribution < -0.4 is 4.74 Å². The molecular weight excluding hydrogens is 306 g/mol. The number of rotatable bonds is 5. The summed E-state index contributed by atoms with van der Waals surface area (Å²) in [5.74, 6) is 0.964. The summed E-state index contributed by atoms with van der Waals surface area (Å²) in [7, 11) is 3.38. The highest BCUT2D eigenvalue weighted by Crippen LogP contribution is 2.42. The van der Waals surface area contributed by atoms with Crippen molar-refractivity contribution < 1.29 is 19.4 Å². The molecule has 0 aromatic heterocycles. The maximum absolute atomic E-state index is 12.8. The lowest BCUT2D eigenvalue weighted by molar-refractivity contribution is -0.139. The van der Waals surface area contributed by atoms with Crippen molar-refractivity contribution in [3.63, 3.8) is 0 Å². The highest BCUT2D eigenvalue weighted by molar-refractivity contribution is 5.77. The minimum absolute atomic E-state index is 0.00376. The molecule has 1 aromatic carbocycles. The molecule has 3 rings (SSSR count). The number of hydrogen-bond acceptors (Lipinski definition) is 4. The molecule has 2 fully saturated rings. The number of carbonyl (C=O) groups excluding carboxylic acids is 1. The number of aliphatic hydroxyl groups excluding tert-OH is 1. The number of fused-ring (bicyclic) bond motifs is 1. The summed E-state index contributed by atoms with van der Waals surface area (Å²) in [5, 5.41) is 10.0. The van der Waals surface area contributed by atoms with E-state index in [1.54, 1.807) is 14.2 Å². The van der Waals surface area contributed by atoms with E-state index in [0.717, 1.165) is 37.1 Å². The number of methoxy groups -OCH3 is 2. The van der Waals surface area contributed by atoms with E-state index in [-0.39, 0.29) is 23.7 Å². The van der Waals surface area contributed by atoms with Crippen molar-refractivity contribution in [3.05, 3.63) is 29.8 Å². The van der Waals surface area contributed by atoms with Gasteiger partial charge in [0.1, 0.15) is 5.75 Å². The van der Waals surface area contributed by atoms with E-state index < -0.39 is 0 Å². The molecule has 1 aromatic rings. The average molecular weight is 333 g/mol. The molecule has 1 N–H and O–H groups in total. The molecule has 1 saturated carbocycles. The van der Waals surface area contributed by atoms with Crippen molar-refractivity contribution >= 4 is 5.91 Å². The first kappa shape index (κ1) is 17.2. The van der Waals surface area contributed by atoms with Crippen LogP contribution in [0.25, 0.3) is 0 Å². The van der Waals surface area contributed by atoms with Gasteiger partial charge < -0.3 is 19.5 Å². The van der Waals surface area contributed by atoms with Crippen molar-refractivity contribution in [2.75, 3.05) is 20.8 Å². The Labute approximate surface area is 143 Å². The summed E-state index contributed by atoms with van der Waals surface area (Å²) in [6, 6.07) is 7.85. The van der Waals surface area contributed by atoms with Crippen LogP contribution in [-0.4, -0.2) is 54.4 Å². The number of aryl methyl sites for hydroxylation is 1. The van der Waals surface area contributed by atoms with Gasteiger partial charge in [-0.2, -0.15) is 0 Å². The highest BCUT2D eigenvalue weighted by Gasteiger charge is 2.52. The van der Waals surface area contributed by atoms with E-state index in [2.05, 4.69) is 0 Å². The average Bonchev–Trinajstić information content (AvgIpc) is 2.99. The first-order valence-corrected chi connectivity index (χ1v) is 8.73. The first-order chi connectivity index (χ1) is 11.6. The van der Waals surface area contributed by atoms with Gasteiger partial charge in [-0.15, -0.1) is 0 Å². The van der Waals surface area contributed by atoms with E-state index in [9.17, 15) is 9.90 Å². The maximum Gasteiger partial charge on any atom is 0.223 e. The van der Waals surface area contributed by atoms with Crippen LogP contribution in [0, 0.1) is 0 Å². The van der Waals surface area contributed by atoms with Crippen LogP contribution >= 0.6 is 0 Å². The quantitative estimate of drug-likeness (QED) is 0.897. The fourth-order valence-electron chi connectivity index (χ4n) is 4.20. The number of carbonyl (C=O) groups is 1. The van der Waals surface area contributed by atoms with Crippen LogP contribution in [0.15, 0.2) is 24.3 Å². The third kappa shape index (κ3) is 3.28. The van der Waals surface area contributed by atoms with Crippen molar-refractivity contribution in [2.45, 2.75) is 56.3 Å². The number of ether oxygens (including phenoxy) is 2. The Balaban J connectivity index is 1.64. The third-order valence-corrected chi connectivity index (χ3v) is 5.64. The van der Waals surface area contributed by atoms with Gasteiger partial charge in [0.2, 0.25) is 5.91 Å². The highest BCUT2D eigenvalue weighted by atomic mass is 16.5. The lowest BCUT2D eigenvalue weighted by atomic mass is 9.79. The molecule has 24 heavy (non-hydrogen) atoms. The predicted octanol–water partition coefficient (Wildman–Crippen LogP) is 2.16. The van der Waals surface area contributed by atoms with Gasteiger partial charge in [-0.25, -0.2) is 0 Å². The molecule has 1 saturated heterocycles. The molecular formula is C19H27NO4. The molecule has 5 heteroatoms. The predicted molar refractivity (Wildman–Crippen MR) is 91.0 cm³/mol. The molecule has 0 spiro atoms. The molecule has 3 atom stereocenters. The zero-order valence-electron chi connectivity index (χ0n) is 14.5. The lowest BCUT2D eigenvalue weighted by Crippen LogP contribution is -2.52. The Morgan fingerprint density at radius 3 is 2.96 bits per heavy atom. The van der Waals surface area contributed by atoms with Crippen molar-refractivity contribution in [1.29, 1.82) is 0 Å². The lowest BCUT2D eigenvalue weighted by Gasteiger charge is -2.42. The second kappa shape index (κ2) is 7.11. The summed E-state index contributed by atoms with van der Waals surface area (Å²) < 4.78 is 11.0. The van der Waals surface area contributed by atoms with E-state index in [0.29, 0.717) is 19.3 Å². The van der Waals surface area contributed by atoms with E-state index in [1.807, 2.05) is 29.2 Å². The Kier molecular flexibility index (Phi) is 5.11. The second-order valence-electron chi connectivity index (χ2n) is 6.90. The molecule has 2 aliphatic rings. The van der Waals surface area contributed by atoms with E-state index >= 15 is 0 Å². The molecule has 1 aliphatic heterocycles. The van der Waals surface area contributed by atoms with Gasteiger partial charge in [-0.3, -0.25) is 4.79 Å². The molecule has 0 radical (unpaired) electrons. The van der Waals surface area contributed by atoms with Crippen LogP contribution in [-0.2, 0) is 16.0 Å². The van der Waals surface area contributed by atoms with Gasteiger partial charge in [0.15, 0.2) is 0 Å². The van der Waals surface area contributed by atoms with E-state index in [4.69, 9.17) is 9.47 Å². The van der Waals surface area contributed by atoms with Crippen LogP contribution in [0.4, 0.5) is 0 Å². The Morgan fingerprint density at radius 2 is 2.21 bits per heavy atom. The molecule has 1 aliphatic carbocycles. The van der Waals surface area contributed by atoms with Gasteiger partial charge in [0.05, 0.1) is 24.9 Å². The van der Waals surface area contributed by atoms with Gasteiger partial charge in [-0.1, -0.05) is 12.1 Å².